The maximum Gasteiger partial charge on any atom is 0.244 e. The highest BCUT2D eigenvalue weighted by atomic mass is 79.9. The second-order valence-corrected chi connectivity index (χ2v) is 10.9. The average molecular weight is 555 g/mol. The fourth-order valence-electron chi connectivity index (χ4n) is 3.24. The molecule has 0 fully saturated rings. The summed E-state index contributed by atoms with van der Waals surface area (Å²) < 4.78 is 32.2. The van der Waals surface area contributed by atoms with Crippen molar-refractivity contribution in [3.05, 3.63) is 58.6 Å². The molecule has 2 unspecified atom stereocenters. The maximum absolute atomic E-state index is 13.5. The third-order valence-electron chi connectivity index (χ3n) is 5.45. The molecule has 8 nitrogen and oxygen atoms in total. The summed E-state index contributed by atoms with van der Waals surface area (Å²) >= 11 is 3.43. The van der Waals surface area contributed by atoms with Crippen LogP contribution in [0.4, 0.5) is 5.69 Å². The van der Waals surface area contributed by atoms with Gasteiger partial charge in [-0.2, -0.15) is 0 Å². The summed E-state index contributed by atoms with van der Waals surface area (Å²) in [6.45, 7) is 5.19. The first kappa shape index (κ1) is 27.7. The van der Waals surface area contributed by atoms with Crippen molar-refractivity contribution < 1.29 is 22.7 Å². The molecule has 0 spiro atoms. The number of nitrogens with zero attached hydrogens (tertiary/aromatic N) is 2. The summed E-state index contributed by atoms with van der Waals surface area (Å²) in [6, 6.07) is 13.0. The van der Waals surface area contributed by atoms with Crippen LogP contribution in [-0.2, 0) is 26.2 Å². The number of sulfonamides is 1. The van der Waals surface area contributed by atoms with Crippen LogP contribution in [-0.4, -0.2) is 57.1 Å². The van der Waals surface area contributed by atoms with Gasteiger partial charge in [-0.05, 0) is 62.2 Å². The number of rotatable bonds is 11. The van der Waals surface area contributed by atoms with Crippen LogP contribution in [0.15, 0.2) is 53.0 Å². The van der Waals surface area contributed by atoms with Gasteiger partial charge in [0, 0.05) is 17.1 Å². The zero-order valence-electron chi connectivity index (χ0n) is 20.1. The van der Waals surface area contributed by atoms with E-state index in [-0.39, 0.29) is 18.5 Å². The van der Waals surface area contributed by atoms with Crippen molar-refractivity contribution in [2.75, 3.05) is 24.2 Å². The Bertz CT molecular complexity index is 1090. The van der Waals surface area contributed by atoms with Gasteiger partial charge < -0.3 is 15.0 Å². The van der Waals surface area contributed by atoms with Gasteiger partial charge in [0.1, 0.15) is 18.3 Å². The molecule has 2 aromatic rings. The van der Waals surface area contributed by atoms with E-state index in [9.17, 15) is 18.0 Å². The Labute approximate surface area is 210 Å². The first-order valence-corrected chi connectivity index (χ1v) is 13.6. The van der Waals surface area contributed by atoms with Crippen LogP contribution in [0.5, 0.6) is 5.75 Å². The Balaban J connectivity index is 2.37. The van der Waals surface area contributed by atoms with E-state index in [0.717, 1.165) is 27.0 Å². The molecular weight excluding hydrogens is 522 g/mol. The third kappa shape index (κ3) is 7.73. The van der Waals surface area contributed by atoms with Crippen LogP contribution < -0.4 is 14.4 Å². The number of hydrogen-bond acceptors (Lipinski definition) is 5. The molecule has 2 rings (SSSR count). The maximum atomic E-state index is 13.5. The number of nitrogens with one attached hydrogen (secondary N) is 1. The lowest BCUT2D eigenvalue weighted by molar-refractivity contribution is -0.139. The number of methoxy groups -OCH3 is 1. The number of carbonyl (C=O) groups is 2. The Kier molecular flexibility index (Phi) is 9.93. The second-order valence-electron chi connectivity index (χ2n) is 8.11. The summed E-state index contributed by atoms with van der Waals surface area (Å²) in [5.74, 6) is -0.226. The molecule has 0 radical (unpaired) electrons. The van der Waals surface area contributed by atoms with Crippen molar-refractivity contribution in [2.24, 2.45) is 0 Å². The molecular formula is C24H32BrN3O5S. The van der Waals surface area contributed by atoms with E-state index in [1.54, 1.807) is 31.2 Å². The second kappa shape index (κ2) is 12.2. The fraction of sp³-hybridized carbons (Fsp3) is 0.417. The van der Waals surface area contributed by atoms with Gasteiger partial charge in [-0.15, -0.1) is 0 Å². The van der Waals surface area contributed by atoms with E-state index in [4.69, 9.17) is 4.74 Å². The van der Waals surface area contributed by atoms with Crippen molar-refractivity contribution in [1.82, 2.24) is 10.2 Å². The van der Waals surface area contributed by atoms with Gasteiger partial charge in [-0.3, -0.25) is 13.9 Å². The highest BCUT2D eigenvalue weighted by molar-refractivity contribution is 9.10. The normalized spacial score (nSPS) is 13.0. The molecule has 1 N–H and O–H groups in total. The first-order chi connectivity index (χ1) is 16.0. The van der Waals surface area contributed by atoms with E-state index < -0.39 is 28.5 Å². The topological polar surface area (TPSA) is 96.0 Å². The molecule has 186 valence electrons. The van der Waals surface area contributed by atoms with Gasteiger partial charge in [0.15, 0.2) is 0 Å². The van der Waals surface area contributed by atoms with Crippen LogP contribution in [0.1, 0.15) is 32.8 Å². The largest absolute Gasteiger partial charge is 0.497 e. The number of anilines is 1. The quantitative estimate of drug-likeness (QED) is 0.459. The highest BCUT2D eigenvalue weighted by Crippen LogP contribution is 2.22. The molecule has 2 atom stereocenters. The van der Waals surface area contributed by atoms with Crippen molar-refractivity contribution in [3.8, 4) is 5.75 Å². The SMILES string of the molecule is CCC(C)NC(=O)C(C)N(Cc1cccc(Br)c1)C(=O)CN(c1ccc(OC)cc1)S(C)(=O)=O. The summed E-state index contributed by atoms with van der Waals surface area (Å²) in [6.07, 6.45) is 1.79. The van der Waals surface area contributed by atoms with Crippen molar-refractivity contribution in [1.29, 1.82) is 0 Å². The molecule has 2 aromatic carbocycles. The lowest BCUT2D eigenvalue weighted by Gasteiger charge is -2.32. The molecule has 34 heavy (non-hydrogen) atoms. The predicted octanol–water partition coefficient (Wildman–Crippen LogP) is 3.56. The molecule has 0 aliphatic heterocycles. The first-order valence-electron chi connectivity index (χ1n) is 10.9. The van der Waals surface area contributed by atoms with Gasteiger partial charge in [-0.1, -0.05) is 35.0 Å². The minimum atomic E-state index is -3.78. The molecule has 2 amide bonds. The van der Waals surface area contributed by atoms with Gasteiger partial charge in [0.2, 0.25) is 21.8 Å². The summed E-state index contributed by atoms with van der Waals surface area (Å²) in [4.78, 5) is 27.8. The molecule has 0 heterocycles. The Morgan fingerprint density at radius 3 is 2.29 bits per heavy atom. The highest BCUT2D eigenvalue weighted by Gasteiger charge is 2.30. The number of ether oxygens (including phenoxy) is 1. The van der Waals surface area contributed by atoms with Crippen LogP contribution in [0.3, 0.4) is 0 Å². The predicted molar refractivity (Wildman–Crippen MR) is 137 cm³/mol. The number of hydrogen-bond donors (Lipinski definition) is 1. The van der Waals surface area contributed by atoms with Crippen LogP contribution in [0.2, 0.25) is 0 Å². The third-order valence-corrected chi connectivity index (χ3v) is 7.08. The molecule has 0 saturated carbocycles. The van der Waals surface area contributed by atoms with E-state index in [2.05, 4.69) is 21.2 Å². The van der Waals surface area contributed by atoms with Crippen LogP contribution in [0.25, 0.3) is 0 Å². The van der Waals surface area contributed by atoms with E-state index >= 15 is 0 Å². The Hall–Kier alpha value is -2.59. The molecule has 0 saturated heterocycles. The minimum Gasteiger partial charge on any atom is -0.497 e. The number of benzene rings is 2. The zero-order chi connectivity index (χ0) is 25.5. The number of halogens is 1. The smallest absolute Gasteiger partial charge is 0.244 e. The summed E-state index contributed by atoms with van der Waals surface area (Å²) in [7, 11) is -2.27. The molecule has 0 aliphatic rings. The lowest BCUT2D eigenvalue weighted by Crippen LogP contribution is -2.52. The van der Waals surface area contributed by atoms with E-state index in [1.165, 1.54) is 12.0 Å². The van der Waals surface area contributed by atoms with Gasteiger partial charge >= 0.3 is 0 Å². The van der Waals surface area contributed by atoms with Gasteiger partial charge in [0.25, 0.3) is 0 Å². The lowest BCUT2D eigenvalue weighted by atomic mass is 10.1. The Morgan fingerprint density at radius 2 is 1.76 bits per heavy atom. The average Bonchev–Trinajstić information content (AvgIpc) is 2.79. The molecule has 0 bridgehead atoms. The van der Waals surface area contributed by atoms with Crippen molar-refractivity contribution in [3.63, 3.8) is 0 Å². The zero-order valence-corrected chi connectivity index (χ0v) is 22.5. The van der Waals surface area contributed by atoms with Crippen LogP contribution >= 0.6 is 15.9 Å². The standard InChI is InChI=1S/C24H32BrN3O5S/c1-6-17(2)26-24(30)18(3)27(15-19-8-7-9-20(25)14-19)23(29)16-28(34(5,31)32)21-10-12-22(33-4)13-11-21/h7-14,17-18H,6,15-16H2,1-5H3,(H,26,30). The van der Waals surface area contributed by atoms with Crippen LogP contribution in [0, 0.1) is 0 Å². The molecule has 0 aromatic heterocycles. The van der Waals surface area contributed by atoms with E-state index in [0.29, 0.717) is 11.4 Å². The summed E-state index contributed by atoms with van der Waals surface area (Å²) in [5.41, 5.74) is 1.14. The number of amides is 2. The monoisotopic (exact) mass is 553 g/mol. The molecule has 0 aliphatic carbocycles. The number of carbonyl (C=O) groups excluding carboxylic acids is 2. The summed E-state index contributed by atoms with van der Waals surface area (Å²) in [5, 5.41) is 2.90. The fourth-order valence-corrected chi connectivity index (χ4v) is 4.54. The van der Waals surface area contributed by atoms with Crippen molar-refractivity contribution in [2.45, 2.75) is 45.8 Å². The van der Waals surface area contributed by atoms with Gasteiger partial charge in [0.05, 0.1) is 19.1 Å². The van der Waals surface area contributed by atoms with E-state index in [1.807, 2.05) is 38.1 Å². The Morgan fingerprint density at radius 1 is 1.12 bits per heavy atom. The van der Waals surface area contributed by atoms with Crippen molar-refractivity contribution >= 4 is 43.5 Å². The molecule has 10 heteroatoms. The van der Waals surface area contributed by atoms with Gasteiger partial charge in [-0.25, -0.2) is 8.42 Å². The minimum absolute atomic E-state index is 0.0513.